The van der Waals surface area contributed by atoms with Gasteiger partial charge in [-0.15, -0.1) is 5.10 Å². The molecule has 0 saturated heterocycles. The van der Waals surface area contributed by atoms with Gasteiger partial charge in [-0.2, -0.15) is 0 Å². The SMILES string of the molecule is C[C@H](O)c1cn(C2CC(N)C2)nn1. The molecule has 3 N–H and O–H groups in total. The minimum Gasteiger partial charge on any atom is -0.387 e. The van der Waals surface area contributed by atoms with Gasteiger partial charge in [-0.25, -0.2) is 4.68 Å². The Morgan fingerprint density at radius 3 is 2.85 bits per heavy atom. The molecular formula is C8H14N4O. The molecule has 1 fully saturated rings. The molecule has 0 unspecified atom stereocenters. The molecule has 72 valence electrons. The van der Waals surface area contributed by atoms with Crippen LogP contribution in [0.25, 0.3) is 0 Å². The lowest BCUT2D eigenvalue weighted by molar-refractivity contribution is 0.194. The maximum atomic E-state index is 9.22. The van der Waals surface area contributed by atoms with Crippen molar-refractivity contribution in [3.05, 3.63) is 11.9 Å². The zero-order valence-electron chi connectivity index (χ0n) is 7.59. The van der Waals surface area contributed by atoms with Gasteiger partial charge in [0.2, 0.25) is 0 Å². The quantitative estimate of drug-likeness (QED) is 0.674. The number of aromatic nitrogens is 3. The molecule has 5 heteroatoms. The Balaban J connectivity index is 2.06. The number of nitrogens with two attached hydrogens (primary N) is 1. The molecular weight excluding hydrogens is 168 g/mol. The van der Waals surface area contributed by atoms with E-state index in [9.17, 15) is 5.11 Å². The second-order valence-corrected chi connectivity index (χ2v) is 3.68. The van der Waals surface area contributed by atoms with E-state index in [1.54, 1.807) is 17.8 Å². The molecule has 0 aromatic carbocycles. The summed E-state index contributed by atoms with van der Waals surface area (Å²) in [5, 5.41) is 17.0. The number of hydrogen-bond acceptors (Lipinski definition) is 4. The van der Waals surface area contributed by atoms with Gasteiger partial charge in [-0.3, -0.25) is 0 Å². The predicted molar refractivity (Wildman–Crippen MR) is 46.9 cm³/mol. The molecule has 1 aromatic heterocycles. The van der Waals surface area contributed by atoms with Crippen molar-refractivity contribution in [1.82, 2.24) is 15.0 Å². The lowest BCUT2D eigenvalue weighted by atomic mass is 9.88. The number of rotatable bonds is 2. The Hall–Kier alpha value is -0.940. The van der Waals surface area contributed by atoms with Crippen LogP contribution in [0.5, 0.6) is 0 Å². The summed E-state index contributed by atoms with van der Waals surface area (Å²) in [6.45, 7) is 1.68. The van der Waals surface area contributed by atoms with Gasteiger partial charge >= 0.3 is 0 Å². The van der Waals surface area contributed by atoms with Crippen molar-refractivity contribution in [2.45, 2.75) is 38.0 Å². The minimum atomic E-state index is -0.539. The predicted octanol–water partition coefficient (Wildman–Crippen LogP) is -0.00640. The molecule has 0 spiro atoms. The summed E-state index contributed by atoms with van der Waals surface area (Å²) < 4.78 is 1.80. The maximum Gasteiger partial charge on any atom is 0.111 e. The first kappa shape index (κ1) is 8.65. The highest BCUT2D eigenvalue weighted by Gasteiger charge is 2.28. The summed E-state index contributed by atoms with van der Waals surface area (Å²) in [6, 6.07) is 0.694. The van der Waals surface area contributed by atoms with Crippen molar-refractivity contribution in [2.24, 2.45) is 5.73 Å². The van der Waals surface area contributed by atoms with Crippen molar-refractivity contribution in [3.8, 4) is 0 Å². The molecule has 0 amide bonds. The van der Waals surface area contributed by atoms with Gasteiger partial charge in [0, 0.05) is 6.04 Å². The van der Waals surface area contributed by atoms with Crippen LogP contribution in [0.1, 0.15) is 37.6 Å². The van der Waals surface area contributed by atoms with Crippen LogP contribution in [-0.4, -0.2) is 26.1 Å². The summed E-state index contributed by atoms with van der Waals surface area (Å²) in [7, 11) is 0. The first-order valence-corrected chi connectivity index (χ1v) is 4.52. The first-order valence-electron chi connectivity index (χ1n) is 4.52. The van der Waals surface area contributed by atoms with E-state index in [1.807, 2.05) is 0 Å². The fraction of sp³-hybridized carbons (Fsp3) is 0.750. The maximum absolute atomic E-state index is 9.22. The van der Waals surface area contributed by atoms with Crippen LogP contribution in [-0.2, 0) is 0 Å². The van der Waals surface area contributed by atoms with Crippen LogP contribution in [0.3, 0.4) is 0 Å². The molecule has 0 radical (unpaired) electrons. The Labute approximate surface area is 76.5 Å². The largest absolute Gasteiger partial charge is 0.387 e. The van der Waals surface area contributed by atoms with Crippen LogP contribution < -0.4 is 5.73 Å². The van der Waals surface area contributed by atoms with E-state index in [0.717, 1.165) is 12.8 Å². The van der Waals surface area contributed by atoms with E-state index >= 15 is 0 Å². The van der Waals surface area contributed by atoms with Gasteiger partial charge in [0.1, 0.15) is 5.69 Å². The smallest absolute Gasteiger partial charge is 0.111 e. The average molecular weight is 182 g/mol. The molecule has 0 aliphatic heterocycles. The van der Waals surface area contributed by atoms with E-state index < -0.39 is 6.10 Å². The van der Waals surface area contributed by atoms with Crippen molar-refractivity contribution < 1.29 is 5.11 Å². The van der Waals surface area contributed by atoms with E-state index in [2.05, 4.69) is 10.3 Å². The first-order chi connectivity index (χ1) is 6.16. The standard InChI is InChI=1S/C8H14N4O/c1-5(13)8-4-12(11-10-8)7-2-6(9)3-7/h4-7,13H,2-3,9H2,1H3/t5-,6?,7?/m0/s1. The van der Waals surface area contributed by atoms with Gasteiger partial charge in [0.05, 0.1) is 18.3 Å². The number of aliphatic hydroxyl groups excluding tert-OH is 1. The summed E-state index contributed by atoms with van der Waals surface area (Å²) in [4.78, 5) is 0. The van der Waals surface area contributed by atoms with Crippen molar-refractivity contribution in [2.75, 3.05) is 0 Å². The van der Waals surface area contributed by atoms with Gasteiger partial charge < -0.3 is 10.8 Å². The van der Waals surface area contributed by atoms with Crippen molar-refractivity contribution in [3.63, 3.8) is 0 Å². The molecule has 2 rings (SSSR count). The molecule has 13 heavy (non-hydrogen) atoms. The van der Waals surface area contributed by atoms with Crippen LogP contribution in [0, 0.1) is 0 Å². The molecule has 1 atom stereocenters. The lowest BCUT2D eigenvalue weighted by Crippen LogP contribution is -2.37. The Morgan fingerprint density at radius 1 is 1.69 bits per heavy atom. The molecule has 1 aliphatic carbocycles. The Kier molecular flexibility index (Phi) is 2.05. The third-order valence-corrected chi connectivity index (χ3v) is 2.48. The summed E-state index contributed by atoms with van der Waals surface area (Å²) >= 11 is 0. The molecule has 1 aromatic rings. The second kappa shape index (κ2) is 3.08. The highest BCUT2D eigenvalue weighted by molar-refractivity contribution is 4.98. The summed E-state index contributed by atoms with van der Waals surface area (Å²) in [5.74, 6) is 0. The number of hydrogen-bond donors (Lipinski definition) is 2. The van der Waals surface area contributed by atoms with Crippen LogP contribution >= 0.6 is 0 Å². The van der Waals surface area contributed by atoms with E-state index in [-0.39, 0.29) is 0 Å². The van der Waals surface area contributed by atoms with Gasteiger partial charge in [0.15, 0.2) is 0 Å². The normalized spacial score (nSPS) is 29.8. The third-order valence-electron chi connectivity index (χ3n) is 2.48. The zero-order valence-corrected chi connectivity index (χ0v) is 7.59. The average Bonchev–Trinajstić information content (AvgIpc) is 2.46. The monoisotopic (exact) mass is 182 g/mol. The van der Waals surface area contributed by atoms with E-state index in [4.69, 9.17) is 5.73 Å². The lowest BCUT2D eigenvalue weighted by Gasteiger charge is -2.31. The van der Waals surface area contributed by atoms with E-state index in [1.165, 1.54) is 0 Å². The van der Waals surface area contributed by atoms with Crippen LogP contribution in [0.4, 0.5) is 0 Å². The number of nitrogens with zero attached hydrogens (tertiary/aromatic N) is 3. The van der Waals surface area contributed by atoms with Crippen LogP contribution in [0.2, 0.25) is 0 Å². The molecule has 1 saturated carbocycles. The minimum absolute atomic E-state index is 0.309. The van der Waals surface area contributed by atoms with Crippen molar-refractivity contribution in [1.29, 1.82) is 0 Å². The zero-order chi connectivity index (χ0) is 9.42. The molecule has 5 nitrogen and oxygen atoms in total. The highest BCUT2D eigenvalue weighted by atomic mass is 16.3. The fourth-order valence-electron chi connectivity index (χ4n) is 1.51. The third kappa shape index (κ3) is 1.57. The highest BCUT2D eigenvalue weighted by Crippen LogP contribution is 2.30. The second-order valence-electron chi connectivity index (χ2n) is 3.68. The molecule has 1 aliphatic rings. The summed E-state index contributed by atoms with van der Waals surface area (Å²) in [6.07, 6.45) is 3.18. The van der Waals surface area contributed by atoms with Crippen LogP contribution in [0.15, 0.2) is 6.20 Å². The van der Waals surface area contributed by atoms with Gasteiger partial charge in [-0.1, -0.05) is 5.21 Å². The Morgan fingerprint density at radius 2 is 2.38 bits per heavy atom. The fourth-order valence-corrected chi connectivity index (χ4v) is 1.51. The van der Waals surface area contributed by atoms with Crippen molar-refractivity contribution >= 4 is 0 Å². The van der Waals surface area contributed by atoms with E-state index in [0.29, 0.717) is 17.8 Å². The molecule has 0 bridgehead atoms. The van der Waals surface area contributed by atoms with Gasteiger partial charge in [-0.05, 0) is 19.8 Å². The number of aliphatic hydroxyl groups is 1. The Bertz CT molecular complexity index is 290. The topological polar surface area (TPSA) is 77.0 Å². The summed E-state index contributed by atoms with van der Waals surface area (Å²) in [5.41, 5.74) is 6.29. The molecule has 1 heterocycles. The van der Waals surface area contributed by atoms with Gasteiger partial charge in [0.25, 0.3) is 0 Å².